The smallest absolute Gasteiger partial charge is 0.0772 e. The zero-order valence-corrected chi connectivity index (χ0v) is 13.8. The van der Waals surface area contributed by atoms with Crippen molar-refractivity contribution in [1.29, 1.82) is 0 Å². The zero-order chi connectivity index (χ0) is 14.8. The van der Waals surface area contributed by atoms with Gasteiger partial charge in [-0.05, 0) is 48.6 Å². The van der Waals surface area contributed by atoms with E-state index < -0.39 is 6.10 Å². The largest absolute Gasteiger partial charge is 0.389 e. The zero-order valence-electron chi connectivity index (χ0n) is 12.2. The first-order valence-electron chi connectivity index (χ1n) is 7.44. The molecule has 21 heavy (non-hydrogen) atoms. The van der Waals surface area contributed by atoms with Crippen LogP contribution in [-0.2, 0) is 12.8 Å². The van der Waals surface area contributed by atoms with Gasteiger partial charge in [-0.3, -0.25) is 0 Å². The quantitative estimate of drug-likeness (QED) is 0.885. The summed E-state index contributed by atoms with van der Waals surface area (Å²) in [5.41, 5.74) is 5.11. The fourth-order valence-corrected chi connectivity index (χ4v) is 3.68. The van der Waals surface area contributed by atoms with Crippen molar-refractivity contribution in [3.63, 3.8) is 0 Å². The Morgan fingerprint density at radius 1 is 1.05 bits per heavy atom. The lowest BCUT2D eigenvalue weighted by Gasteiger charge is -2.23. The SMILES string of the molecule is CC(O)c1ccc(N2CCc3ccccc3CC2)cc1Br. The number of fused-ring (bicyclic) bond motifs is 1. The molecule has 0 radical (unpaired) electrons. The second-order valence-electron chi connectivity index (χ2n) is 5.64. The van der Waals surface area contributed by atoms with Gasteiger partial charge in [0.25, 0.3) is 0 Å². The molecule has 1 N–H and O–H groups in total. The molecular weight excluding hydrogens is 326 g/mol. The molecule has 1 atom stereocenters. The Kier molecular flexibility index (Phi) is 4.32. The summed E-state index contributed by atoms with van der Waals surface area (Å²) in [6, 6.07) is 15.0. The third kappa shape index (κ3) is 3.14. The third-order valence-corrected chi connectivity index (χ3v) is 4.91. The van der Waals surface area contributed by atoms with E-state index in [1.165, 1.54) is 16.8 Å². The van der Waals surface area contributed by atoms with Crippen molar-refractivity contribution in [3.8, 4) is 0 Å². The monoisotopic (exact) mass is 345 g/mol. The molecule has 0 fully saturated rings. The van der Waals surface area contributed by atoms with Crippen LogP contribution in [0, 0.1) is 0 Å². The van der Waals surface area contributed by atoms with Crippen molar-refractivity contribution in [2.45, 2.75) is 25.9 Å². The molecule has 2 nitrogen and oxygen atoms in total. The van der Waals surface area contributed by atoms with E-state index in [1.807, 2.05) is 6.07 Å². The molecule has 3 rings (SSSR count). The highest BCUT2D eigenvalue weighted by Crippen LogP contribution is 2.29. The molecule has 0 saturated heterocycles. The van der Waals surface area contributed by atoms with Gasteiger partial charge >= 0.3 is 0 Å². The molecule has 0 bridgehead atoms. The Bertz CT molecular complexity index is 612. The first-order chi connectivity index (χ1) is 10.1. The van der Waals surface area contributed by atoms with Crippen molar-refractivity contribution in [2.24, 2.45) is 0 Å². The summed E-state index contributed by atoms with van der Waals surface area (Å²) in [4.78, 5) is 2.43. The van der Waals surface area contributed by atoms with Crippen molar-refractivity contribution < 1.29 is 5.11 Å². The molecule has 2 aromatic carbocycles. The van der Waals surface area contributed by atoms with Crippen LogP contribution in [0.2, 0.25) is 0 Å². The van der Waals surface area contributed by atoms with Gasteiger partial charge in [-0.1, -0.05) is 46.3 Å². The van der Waals surface area contributed by atoms with E-state index in [1.54, 1.807) is 6.92 Å². The Balaban J connectivity index is 1.81. The van der Waals surface area contributed by atoms with Crippen LogP contribution in [0.15, 0.2) is 46.9 Å². The molecule has 0 spiro atoms. The van der Waals surface area contributed by atoms with Gasteiger partial charge < -0.3 is 10.0 Å². The lowest BCUT2D eigenvalue weighted by molar-refractivity contribution is 0.198. The maximum Gasteiger partial charge on any atom is 0.0772 e. The fraction of sp³-hybridized carbons (Fsp3) is 0.333. The minimum atomic E-state index is -0.443. The summed E-state index contributed by atoms with van der Waals surface area (Å²) in [6.45, 7) is 3.87. The minimum absolute atomic E-state index is 0.443. The molecule has 1 heterocycles. The molecular formula is C18H20BrNO. The number of hydrogen-bond acceptors (Lipinski definition) is 2. The molecule has 1 aliphatic heterocycles. The first-order valence-corrected chi connectivity index (χ1v) is 8.23. The summed E-state index contributed by atoms with van der Waals surface area (Å²) in [7, 11) is 0. The Morgan fingerprint density at radius 3 is 2.19 bits per heavy atom. The van der Waals surface area contributed by atoms with Crippen LogP contribution < -0.4 is 4.90 Å². The molecule has 1 unspecified atom stereocenters. The van der Waals surface area contributed by atoms with Gasteiger partial charge in [0.15, 0.2) is 0 Å². The highest BCUT2D eigenvalue weighted by molar-refractivity contribution is 9.10. The van der Waals surface area contributed by atoms with Crippen LogP contribution in [0.3, 0.4) is 0 Å². The van der Waals surface area contributed by atoms with Crippen molar-refractivity contribution in [2.75, 3.05) is 18.0 Å². The van der Waals surface area contributed by atoms with E-state index in [-0.39, 0.29) is 0 Å². The van der Waals surface area contributed by atoms with Crippen LogP contribution in [-0.4, -0.2) is 18.2 Å². The predicted molar refractivity (Wildman–Crippen MR) is 90.8 cm³/mol. The van der Waals surface area contributed by atoms with Crippen molar-refractivity contribution in [1.82, 2.24) is 0 Å². The van der Waals surface area contributed by atoms with E-state index in [9.17, 15) is 5.11 Å². The van der Waals surface area contributed by atoms with E-state index in [0.29, 0.717) is 0 Å². The number of nitrogens with zero attached hydrogens (tertiary/aromatic N) is 1. The molecule has 3 heteroatoms. The van der Waals surface area contributed by atoms with Crippen LogP contribution in [0.25, 0.3) is 0 Å². The summed E-state index contributed by atoms with van der Waals surface area (Å²) in [5.74, 6) is 0. The van der Waals surface area contributed by atoms with Gasteiger partial charge in [0.05, 0.1) is 6.10 Å². The number of halogens is 1. The van der Waals surface area contributed by atoms with Crippen molar-refractivity contribution in [3.05, 3.63) is 63.6 Å². The number of hydrogen-bond donors (Lipinski definition) is 1. The number of benzene rings is 2. The minimum Gasteiger partial charge on any atom is -0.389 e. The number of rotatable bonds is 2. The Morgan fingerprint density at radius 2 is 1.67 bits per heavy atom. The molecule has 0 aromatic heterocycles. The van der Waals surface area contributed by atoms with Crippen LogP contribution >= 0.6 is 15.9 Å². The summed E-state index contributed by atoms with van der Waals surface area (Å²) in [6.07, 6.45) is 1.74. The van der Waals surface area contributed by atoms with Crippen molar-refractivity contribution >= 4 is 21.6 Å². The van der Waals surface area contributed by atoms with E-state index in [2.05, 4.69) is 57.2 Å². The second-order valence-corrected chi connectivity index (χ2v) is 6.49. The lowest BCUT2D eigenvalue weighted by atomic mass is 10.0. The highest BCUT2D eigenvalue weighted by atomic mass is 79.9. The normalized spacial score (nSPS) is 16.2. The van der Waals surface area contributed by atoms with E-state index >= 15 is 0 Å². The average molecular weight is 346 g/mol. The topological polar surface area (TPSA) is 23.5 Å². The maximum atomic E-state index is 9.73. The van der Waals surface area contributed by atoms with Crippen LogP contribution in [0.5, 0.6) is 0 Å². The summed E-state index contributed by atoms with van der Waals surface area (Å²) >= 11 is 3.58. The lowest BCUT2D eigenvalue weighted by Crippen LogP contribution is -2.26. The van der Waals surface area contributed by atoms with Gasteiger partial charge in [-0.2, -0.15) is 0 Å². The first kappa shape index (κ1) is 14.6. The van der Waals surface area contributed by atoms with Gasteiger partial charge in [-0.25, -0.2) is 0 Å². The average Bonchev–Trinajstić information content (AvgIpc) is 2.69. The maximum absolute atomic E-state index is 9.73. The summed E-state index contributed by atoms with van der Waals surface area (Å²) in [5, 5.41) is 9.73. The molecule has 1 aliphatic rings. The van der Waals surface area contributed by atoms with Gasteiger partial charge in [0.2, 0.25) is 0 Å². The number of aliphatic hydroxyl groups is 1. The third-order valence-electron chi connectivity index (χ3n) is 4.22. The Labute approximate surface area is 134 Å². The van der Waals surface area contributed by atoms with Gasteiger partial charge in [0.1, 0.15) is 0 Å². The Hall–Kier alpha value is -1.32. The van der Waals surface area contributed by atoms with Crippen LogP contribution in [0.4, 0.5) is 5.69 Å². The van der Waals surface area contributed by atoms with E-state index in [4.69, 9.17) is 0 Å². The van der Waals surface area contributed by atoms with Crippen LogP contribution in [0.1, 0.15) is 29.7 Å². The van der Waals surface area contributed by atoms with Gasteiger partial charge in [-0.15, -0.1) is 0 Å². The standard InChI is InChI=1S/C18H20BrNO/c1-13(21)17-7-6-16(12-18(17)19)20-10-8-14-4-2-3-5-15(14)9-11-20/h2-7,12-13,21H,8-11H2,1H3. The molecule has 0 saturated carbocycles. The summed E-state index contributed by atoms with van der Waals surface area (Å²) < 4.78 is 0.983. The van der Waals surface area contributed by atoms with E-state index in [0.717, 1.165) is 36.0 Å². The molecule has 110 valence electrons. The molecule has 0 amide bonds. The number of anilines is 1. The van der Waals surface area contributed by atoms with Gasteiger partial charge in [0, 0.05) is 23.2 Å². The second kappa shape index (κ2) is 6.20. The molecule has 2 aromatic rings. The predicted octanol–water partition coefficient (Wildman–Crippen LogP) is 4.11. The highest BCUT2D eigenvalue weighted by Gasteiger charge is 2.15. The fourth-order valence-electron chi connectivity index (χ4n) is 2.98. The molecule has 0 aliphatic carbocycles. The number of aliphatic hydroxyl groups excluding tert-OH is 1.